The zero-order chi connectivity index (χ0) is 13.9. The molecule has 1 fully saturated rings. The van der Waals surface area contributed by atoms with Crippen LogP contribution < -0.4 is 10.2 Å². The average molecular weight is 270 g/mol. The van der Waals surface area contributed by atoms with Crippen LogP contribution in [0.15, 0.2) is 30.5 Å². The minimum Gasteiger partial charge on any atom is -0.352 e. The average Bonchev–Trinajstić information content (AvgIpc) is 2.53. The molecule has 1 aromatic carbocycles. The molecule has 2 atom stereocenters. The molecule has 1 N–H and O–H groups in total. The van der Waals surface area contributed by atoms with Crippen LogP contribution in [0, 0.1) is 5.92 Å². The van der Waals surface area contributed by atoms with E-state index in [1.165, 1.54) is 6.42 Å². The molecule has 2 heterocycles. The number of hydrogen-bond acceptors (Lipinski definition) is 4. The van der Waals surface area contributed by atoms with Crippen LogP contribution in [-0.4, -0.2) is 35.6 Å². The highest BCUT2D eigenvalue weighted by Gasteiger charge is 2.24. The van der Waals surface area contributed by atoms with E-state index in [-0.39, 0.29) is 0 Å². The van der Waals surface area contributed by atoms with E-state index in [4.69, 9.17) is 4.98 Å². The van der Waals surface area contributed by atoms with Gasteiger partial charge in [0.1, 0.15) is 5.82 Å². The maximum atomic E-state index is 4.75. The van der Waals surface area contributed by atoms with E-state index < -0.39 is 0 Å². The number of nitrogens with one attached hydrogen (secondary N) is 1. The van der Waals surface area contributed by atoms with Crippen molar-refractivity contribution in [1.82, 2.24) is 15.3 Å². The number of piperazine rings is 1. The summed E-state index contributed by atoms with van der Waals surface area (Å²) in [7, 11) is 0. The minimum absolute atomic E-state index is 0.544. The normalized spacial score (nSPS) is 21.1. The monoisotopic (exact) mass is 270 g/mol. The van der Waals surface area contributed by atoms with Crippen molar-refractivity contribution >= 4 is 16.9 Å². The van der Waals surface area contributed by atoms with Crippen molar-refractivity contribution in [2.24, 2.45) is 5.92 Å². The van der Waals surface area contributed by atoms with Gasteiger partial charge in [-0.1, -0.05) is 32.4 Å². The van der Waals surface area contributed by atoms with Crippen LogP contribution in [-0.2, 0) is 0 Å². The summed E-state index contributed by atoms with van der Waals surface area (Å²) in [4.78, 5) is 11.6. The fraction of sp³-hybridized carbons (Fsp3) is 0.500. The van der Waals surface area contributed by atoms with Gasteiger partial charge in [-0.15, -0.1) is 0 Å². The number of para-hydroxylation sites is 2. The lowest BCUT2D eigenvalue weighted by atomic mass is 9.97. The second kappa shape index (κ2) is 5.75. The lowest BCUT2D eigenvalue weighted by molar-refractivity contribution is 0.341. The van der Waals surface area contributed by atoms with Gasteiger partial charge in [-0.3, -0.25) is 4.98 Å². The summed E-state index contributed by atoms with van der Waals surface area (Å²) in [5.41, 5.74) is 1.94. The van der Waals surface area contributed by atoms with E-state index in [0.717, 1.165) is 36.5 Å². The summed E-state index contributed by atoms with van der Waals surface area (Å²) < 4.78 is 0. The number of hydrogen-bond donors (Lipinski definition) is 1. The first-order valence-corrected chi connectivity index (χ1v) is 7.48. The molecule has 20 heavy (non-hydrogen) atoms. The maximum Gasteiger partial charge on any atom is 0.147 e. The maximum absolute atomic E-state index is 4.75. The molecule has 1 aromatic heterocycles. The summed E-state index contributed by atoms with van der Waals surface area (Å²) in [5, 5.41) is 3.62. The second-order valence-electron chi connectivity index (χ2n) is 5.61. The molecule has 0 saturated carbocycles. The molecule has 0 amide bonds. The van der Waals surface area contributed by atoms with Gasteiger partial charge in [0.2, 0.25) is 0 Å². The Balaban J connectivity index is 1.83. The van der Waals surface area contributed by atoms with Crippen molar-refractivity contribution < 1.29 is 0 Å². The van der Waals surface area contributed by atoms with E-state index in [1.54, 1.807) is 0 Å². The van der Waals surface area contributed by atoms with Crippen molar-refractivity contribution in [2.45, 2.75) is 26.3 Å². The van der Waals surface area contributed by atoms with E-state index in [2.05, 4.69) is 29.0 Å². The van der Waals surface area contributed by atoms with Crippen LogP contribution in [0.2, 0.25) is 0 Å². The Morgan fingerprint density at radius 2 is 2.15 bits per heavy atom. The minimum atomic E-state index is 0.544. The van der Waals surface area contributed by atoms with Gasteiger partial charge in [0.25, 0.3) is 0 Å². The number of benzene rings is 1. The van der Waals surface area contributed by atoms with Gasteiger partial charge < -0.3 is 10.2 Å². The highest BCUT2D eigenvalue weighted by Crippen LogP contribution is 2.19. The van der Waals surface area contributed by atoms with Gasteiger partial charge >= 0.3 is 0 Å². The first-order chi connectivity index (χ1) is 9.78. The Kier molecular flexibility index (Phi) is 3.83. The van der Waals surface area contributed by atoms with Gasteiger partial charge in [0.15, 0.2) is 0 Å². The molecule has 1 aliphatic rings. The molecule has 2 unspecified atom stereocenters. The van der Waals surface area contributed by atoms with Crippen molar-refractivity contribution in [3.63, 3.8) is 0 Å². The molecule has 1 aliphatic heterocycles. The van der Waals surface area contributed by atoms with Crippen molar-refractivity contribution in [2.75, 3.05) is 24.5 Å². The van der Waals surface area contributed by atoms with Gasteiger partial charge in [-0.2, -0.15) is 0 Å². The number of rotatable bonds is 3. The van der Waals surface area contributed by atoms with Gasteiger partial charge in [0, 0.05) is 25.7 Å². The van der Waals surface area contributed by atoms with Gasteiger partial charge in [-0.25, -0.2) is 4.98 Å². The van der Waals surface area contributed by atoms with Gasteiger partial charge in [-0.05, 0) is 18.1 Å². The molecular weight excluding hydrogens is 248 g/mol. The molecule has 0 bridgehead atoms. The first-order valence-electron chi connectivity index (χ1n) is 7.48. The van der Waals surface area contributed by atoms with Crippen molar-refractivity contribution in [1.29, 1.82) is 0 Å². The Labute approximate surface area is 120 Å². The standard InChI is InChI=1S/C16H22N4/c1-3-12(2)15-11-20(9-8-17-15)16-10-18-13-6-4-5-7-14(13)19-16/h4-7,10,12,15,17H,3,8-9,11H2,1-2H3. The molecular formula is C16H22N4. The third-order valence-electron chi connectivity index (χ3n) is 4.30. The van der Waals surface area contributed by atoms with Gasteiger partial charge in [0.05, 0.1) is 17.2 Å². The molecule has 2 aromatic rings. The third-order valence-corrected chi connectivity index (χ3v) is 4.30. The smallest absolute Gasteiger partial charge is 0.147 e. The predicted octanol–water partition coefficient (Wildman–Crippen LogP) is 2.45. The quantitative estimate of drug-likeness (QED) is 0.930. The van der Waals surface area contributed by atoms with Crippen LogP contribution in [0.5, 0.6) is 0 Å². The third kappa shape index (κ3) is 2.61. The molecule has 4 heteroatoms. The highest BCUT2D eigenvalue weighted by atomic mass is 15.2. The summed E-state index contributed by atoms with van der Waals surface area (Å²) in [6.45, 7) is 7.60. The fourth-order valence-electron chi connectivity index (χ4n) is 2.75. The molecule has 3 rings (SSSR count). The van der Waals surface area contributed by atoms with E-state index >= 15 is 0 Å². The Hall–Kier alpha value is -1.68. The topological polar surface area (TPSA) is 41.1 Å². The number of fused-ring (bicyclic) bond motifs is 1. The second-order valence-corrected chi connectivity index (χ2v) is 5.61. The lowest BCUT2D eigenvalue weighted by Crippen LogP contribution is -2.53. The van der Waals surface area contributed by atoms with Crippen molar-refractivity contribution in [3.8, 4) is 0 Å². The first kappa shape index (κ1) is 13.3. The molecule has 4 nitrogen and oxygen atoms in total. The van der Waals surface area contributed by atoms with Crippen LogP contribution in [0.3, 0.4) is 0 Å². The fourth-order valence-corrected chi connectivity index (χ4v) is 2.75. The van der Waals surface area contributed by atoms with Crippen LogP contribution >= 0.6 is 0 Å². The van der Waals surface area contributed by atoms with Crippen LogP contribution in [0.25, 0.3) is 11.0 Å². The van der Waals surface area contributed by atoms with Crippen LogP contribution in [0.1, 0.15) is 20.3 Å². The molecule has 0 radical (unpaired) electrons. The molecule has 0 aliphatic carbocycles. The number of anilines is 1. The summed E-state index contributed by atoms with van der Waals surface area (Å²) >= 11 is 0. The van der Waals surface area contributed by atoms with Crippen LogP contribution in [0.4, 0.5) is 5.82 Å². The molecule has 106 valence electrons. The summed E-state index contributed by atoms with van der Waals surface area (Å²) in [6.07, 6.45) is 3.11. The van der Waals surface area contributed by atoms with E-state index in [9.17, 15) is 0 Å². The van der Waals surface area contributed by atoms with E-state index in [1.807, 2.05) is 30.5 Å². The summed E-state index contributed by atoms with van der Waals surface area (Å²) in [5.74, 6) is 1.68. The summed E-state index contributed by atoms with van der Waals surface area (Å²) in [6, 6.07) is 8.59. The number of aromatic nitrogens is 2. The van der Waals surface area contributed by atoms with Crippen molar-refractivity contribution in [3.05, 3.63) is 30.5 Å². The molecule has 1 saturated heterocycles. The Morgan fingerprint density at radius 1 is 1.35 bits per heavy atom. The zero-order valence-corrected chi connectivity index (χ0v) is 12.2. The predicted molar refractivity (Wildman–Crippen MR) is 83.0 cm³/mol. The van der Waals surface area contributed by atoms with E-state index in [0.29, 0.717) is 12.0 Å². The largest absolute Gasteiger partial charge is 0.352 e. The molecule has 0 spiro atoms. The Morgan fingerprint density at radius 3 is 2.95 bits per heavy atom. The number of nitrogens with zero attached hydrogens (tertiary/aromatic N) is 3. The zero-order valence-electron chi connectivity index (χ0n) is 12.2. The lowest BCUT2D eigenvalue weighted by Gasteiger charge is -2.37. The Bertz CT molecular complexity index is 583. The highest BCUT2D eigenvalue weighted by molar-refractivity contribution is 5.75. The SMILES string of the molecule is CCC(C)C1CN(c2cnc3ccccc3n2)CCN1.